The van der Waals surface area contributed by atoms with Gasteiger partial charge in [0.05, 0.1) is 0 Å². The third-order valence-electron chi connectivity index (χ3n) is 2.77. The van der Waals surface area contributed by atoms with Gasteiger partial charge in [0, 0.05) is 11.8 Å². The Bertz CT molecular complexity index is 506. The summed E-state index contributed by atoms with van der Waals surface area (Å²) in [7, 11) is 0. The highest BCUT2D eigenvalue weighted by atomic mass is 16.3. The van der Waals surface area contributed by atoms with Crippen molar-refractivity contribution < 1.29 is 5.11 Å². The topological polar surface area (TPSA) is 46.2 Å². The van der Waals surface area contributed by atoms with Gasteiger partial charge in [0.25, 0.3) is 0 Å². The Balaban J connectivity index is 2.31. The molecule has 0 aliphatic carbocycles. The van der Waals surface area contributed by atoms with Gasteiger partial charge < -0.3 is 10.8 Å². The summed E-state index contributed by atoms with van der Waals surface area (Å²) in [4.78, 5) is 0. The van der Waals surface area contributed by atoms with E-state index in [0.717, 1.165) is 12.0 Å². The Labute approximate surface area is 95.4 Å². The molecule has 0 saturated carbocycles. The quantitative estimate of drug-likeness (QED) is 0.753. The van der Waals surface area contributed by atoms with E-state index in [4.69, 9.17) is 5.73 Å². The third-order valence-corrected chi connectivity index (χ3v) is 2.77. The molecule has 2 aromatic carbocycles. The first kappa shape index (κ1) is 10.6. The normalized spacial score (nSPS) is 10.3. The predicted octanol–water partition coefficient (Wildman–Crippen LogP) is 2.87. The number of phenolic OH excluding ortho intramolecular Hbond substituents is 1. The molecule has 0 amide bonds. The van der Waals surface area contributed by atoms with Crippen molar-refractivity contribution >= 4 is 5.69 Å². The fraction of sp³-hybridized carbons (Fsp3) is 0.143. The van der Waals surface area contributed by atoms with Crippen LogP contribution < -0.4 is 5.73 Å². The van der Waals surface area contributed by atoms with Gasteiger partial charge in [-0.15, -0.1) is 0 Å². The molecule has 0 atom stereocenters. The second-order valence-electron chi connectivity index (χ2n) is 3.99. The molecule has 0 saturated heterocycles. The van der Waals surface area contributed by atoms with Crippen LogP contribution in [0.15, 0.2) is 42.5 Å². The number of nitrogens with two attached hydrogens (primary N) is 1. The molecular formula is C14H15NO. The Hall–Kier alpha value is -1.96. The molecule has 82 valence electrons. The summed E-state index contributed by atoms with van der Waals surface area (Å²) in [6.07, 6.45) is 0.804. The van der Waals surface area contributed by atoms with Gasteiger partial charge in [-0.2, -0.15) is 0 Å². The largest absolute Gasteiger partial charge is 0.508 e. The average Bonchev–Trinajstić information content (AvgIpc) is 2.25. The van der Waals surface area contributed by atoms with Crippen LogP contribution in [0.2, 0.25) is 0 Å². The molecule has 2 nitrogen and oxygen atoms in total. The van der Waals surface area contributed by atoms with E-state index < -0.39 is 0 Å². The first-order valence-corrected chi connectivity index (χ1v) is 5.28. The van der Waals surface area contributed by atoms with E-state index in [0.29, 0.717) is 5.69 Å². The fourth-order valence-electron chi connectivity index (χ4n) is 1.76. The number of nitrogen functional groups attached to an aromatic ring is 1. The molecule has 3 N–H and O–H groups in total. The SMILES string of the molecule is Cc1ccccc1Cc1ccc(O)cc1N. The van der Waals surface area contributed by atoms with E-state index in [-0.39, 0.29) is 5.75 Å². The Morgan fingerprint density at radius 3 is 2.50 bits per heavy atom. The number of rotatable bonds is 2. The minimum atomic E-state index is 0.214. The third kappa shape index (κ3) is 2.16. The van der Waals surface area contributed by atoms with Gasteiger partial charge in [0.2, 0.25) is 0 Å². The average molecular weight is 213 g/mol. The zero-order chi connectivity index (χ0) is 11.5. The highest BCUT2D eigenvalue weighted by Crippen LogP contribution is 2.22. The zero-order valence-electron chi connectivity index (χ0n) is 9.27. The minimum absolute atomic E-state index is 0.214. The highest BCUT2D eigenvalue weighted by Gasteiger charge is 2.03. The van der Waals surface area contributed by atoms with Gasteiger partial charge in [0.15, 0.2) is 0 Å². The molecule has 0 unspecified atom stereocenters. The maximum Gasteiger partial charge on any atom is 0.117 e. The van der Waals surface area contributed by atoms with Gasteiger partial charge in [0.1, 0.15) is 5.75 Å². The number of aryl methyl sites for hydroxylation is 1. The molecule has 0 radical (unpaired) electrons. The van der Waals surface area contributed by atoms with Crippen molar-refractivity contribution in [1.82, 2.24) is 0 Å². The van der Waals surface area contributed by atoms with Crippen molar-refractivity contribution in [2.75, 3.05) is 5.73 Å². The summed E-state index contributed by atoms with van der Waals surface area (Å²) in [5, 5.41) is 9.28. The summed E-state index contributed by atoms with van der Waals surface area (Å²) < 4.78 is 0. The van der Waals surface area contributed by atoms with E-state index >= 15 is 0 Å². The van der Waals surface area contributed by atoms with Crippen molar-refractivity contribution in [2.45, 2.75) is 13.3 Å². The lowest BCUT2D eigenvalue weighted by molar-refractivity contribution is 0.475. The molecule has 0 heterocycles. The van der Waals surface area contributed by atoms with Gasteiger partial charge in [-0.3, -0.25) is 0 Å². The van der Waals surface area contributed by atoms with Crippen LogP contribution in [0, 0.1) is 6.92 Å². The van der Waals surface area contributed by atoms with Crippen LogP contribution in [0.3, 0.4) is 0 Å². The minimum Gasteiger partial charge on any atom is -0.508 e. The second-order valence-corrected chi connectivity index (χ2v) is 3.99. The summed E-state index contributed by atoms with van der Waals surface area (Å²) >= 11 is 0. The number of anilines is 1. The predicted molar refractivity (Wildman–Crippen MR) is 66.5 cm³/mol. The maximum atomic E-state index is 9.28. The lowest BCUT2D eigenvalue weighted by atomic mass is 9.99. The number of hydrogen-bond acceptors (Lipinski definition) is 2. The molecule has 0 fully saturated rings. The first-order chi connectivity index (χ1) is 7.66. The Morgan fingerprint density at radius 2 is 1.81 bits per heavy atom. The van der Waals surface area contributed by atoms with E-state index in [2.05, 4.69) is 19.1 Å². The summed E-state index contributed by atoms with van der Waals surface area (Å²) in [6, 6.07) is 13.4. The molecule has 2 aromatic rings. The zero-order valence-corrected chi connectivity index (χ0v) is 9.27. The number of aromatic hydroxyl groups is 1. The fourth-order valence-corrected chi connectivity index (χ4v) is 1.76. The van der Waals surface area contributed by atoms with Crippen LogP contribution in [-0.2, 0) is 6.42 Å². The molecule has 0 aliphatic heterocycles. The number of phenols is 1. The van der Waals surface area contributed by atoms with Crippen LogP contribution in [0.4, 0.5) is 5.69 Å². The summed E-state index contributed by atoms with van der Waals surface area (Å²) in [5.74, 6) is 0.214. The molecule has 0 spiro atoms. The number of benzene rings is 2. The van der Waals surface area contributed by atoms with Crippen LogP contribution in [0.25, 0.3) is 0 Å². The van der Waals surface area contributed by atoms with E-state index in [1.807, 2.05) is 18.2 Å². The standard InChI is InChI=1S/C14H15NO/c1-10-4-2-3-5-11(10)8-12-6-7-13(16)9-14(12)15/h2-7,9,16H,8,15H2,1H3. The van der Waals surface area contributed by atoms with Crippen LogP contribution in [0.5, 0.6) is 5.75 Å². The molecule has 16 heavy (non-hydrogen) atoms. The van der Waals surface area contributed by atoms with Gasteiger partial charge in [-0.05, 0) is 36.1 Å². The monoisotopic (exact) mass is 213 g/mol. The van der Waals surface area contributed by atoms with Crippen molar-refractivity contribution in [2.24, 2.45) is 0 Å². The highest BCUT2D eigenvalue weighted by molar-refractivity contribution is 5.53. The van der Waals surface area contributed by atoms with Crippen molar-refractivity contribution in [3.63, 3.8) is 0 Å². The van der Waals surface area contributed by atoms with Gasteiger partial charge >= 0.3 is 0 Å². The summed E-state index contributed by atoms with van der Waals surface area (Å²) in [5.41, 5.74) is 10.1. The van der Waals surface area contributed by atoms with E-state index in [1.165, 1.54) is 11.1 Å². The first-order valence-electron chi connectivity index (χ1n) is 5.28. The van der Waals surface area contributed by atoms with E-state index in [1.54, 1.807) is 12.1 Å². The van der Waals surface area contributed by atoms with Crippen molar-refractivity contribution in [3.05, 3.63) is 59.2 Å². The van der Waals surface area contributed by atoms with Crippen LogP contribution in [0.1, 0.15) is 16.7 Å². The Kier molecular flexibility index (Phi) is 2.82. The number of hydrogen-bond donors (Lipinski definition) is 2. The maximum absolute atomic E-state index is 9.28. The van der Waals surface area contributed by atoms with Gasteiger partial charge in [-0.1, -0.05) is 30.3 Å². The van der Waals surface area contributed by atoms with Gasteiger partial charge in [-0.25, -0.2) is 0 Å². The smallest absolute Gasteiger partial charge is 0.117 e. The summed E-state index contributed by atoms with van der Waals surface area (Å²) in [6.45, 7) is 2.09. The molecule has 2 heteroatoms. The van der Waals surface area contributed by atoms with Crippen molar-refractivity contribution in [1.29, 1.82) is 0 Å². The van der Waals surface area contributed by atoms with Crippen molar-refractivity contribution in [3.8, 4) is 5.75 Å². The Morgan fingerprint density at radius 1 is 1.06 bits per heavy atom. The van der Waals surface area contributed by atoms with Crippen LogP contribution >= 0.6 is 0 Å². The molecule has 0 aromatic heterocycles. The van der Waals surface area contributed by atoms with E-state index in [9.17, 15) is 5.11 Å². The molecular weight excluding hydrogens is 198 g/mol. The van der Waals surface area contributed by atoms with Crippen LogP contribution in [-0.4, -0.2) is 5.11 Å². The molecule has 2 rings (SSSR count). The lowest BCUT2D eigenvalue weighted by Crippen LogP contribution is -1.96. The lowest BCUT2D eigenvalue weighted by Gasteiger charge is -2.08. The molecule has 0 aliphatic rings. The second kappa shape index (κ2) is 4.27. The molecule has 0 bridgehead atoms.